The number of nitrogens with one attached hydrogen (secondary N) is 2. The van der Waals surface area contributed by atoms with Crippen molar-refractivity contribution in [3.63, 3.8) is 0 Å². The molecule has 2 aromatic carbocycles. The molecule has 0 unspecified atom stereocenters. The van der Waals surface area contributed by atoms with Crippen molar-refractivity contribution in [1.82, 2.24) is 4.98 Å². The molecule has 0 radical (unpaired) electrons. The molecule has 1 heterocycles. The number of aromatic nitrogens is 1. The number of nitrogens with zero attached hydrogens (tertiary/aromatic N) is 1. The van der Waals surface area contributed by atoms with E-state index < -0.39 is 0 Å². The average molecular weight is 341 g/mol. The van der Waals surface area contributed by atoms with Crippen LogP contribution in [0.5, 0.6) is 0 Å². The number of carbonyl (C=O) groups excluding carboxylic acids is 1. The Morgan fingerprint density at radius 2 is 1.73 bits per heavy atom. The first-order valence-corrected chi connectivity index (χ1v) is 8.32. The predicted molar refractivity (Wildman–Crippen MR) is 105 cm³/mol. The second-order valence-electron chi connectivity index (χ2n) is 5.66. The Hall–Kier alpha value is -3.58. The highest BCUT2D eigenvalue weighted by atomic mass is 16.1. The largest absolute Gasteiger partial charge is 0.380 e. The van der Waals surface area contributed by atoms with Crippen molar-refractivity contribution in [2.75, 3.05) is 10.6 Å². The number of hydrogen-bond acceptors (Lipinski definition) is 3. The van der Waals surface area contributed by atoms with Crippen molar-refractivity contribution in [3.8, 4) is 11.8 Å². The lowest BCUT2D eigenvalue weighted by molar-refractivity contribution is 0.102. The summed E-state index contributed by atoms with van der Waals surface area (Å²) < 4.78 is 0. The maximum absolute atomic E-state index is 12.7. The number of anilines is 2. The Labute approximate surface area is 153 Å². The van der Waals surface area contributed by atoms with E-state index in [-0.39, 0.29) is 5.91 Å². The van der Waals surface area contributed by atoms with Crippen LogP contribution in [0.1, 0.15) is 28.4 Å². The van der Waals surface area contributed by atoms with E-state index in [2.05, 4.69) is 27.5 Å². The van der Waals surface area contributed by atoms with Gasteiger partial charge in [-0.15, -0.1) is 5.92 Å². The van der Waals surface area contributed by atoms with E-state index in [1.807, 2.05) is 54.6 Å². The first kappa shape index (κ1) is 17.2. The van der Waals surface area contributed by atoms with Gasteiger partial charge in [-0.05, 0) is 61.0 Å². The van der Waals surface area contributed by atoms with Crippen LogP contribution in [0.3, 0.4) is 0 Å². The highest BCUT2D eigenvalue weighted by Crippen LogP contribution is 2.18. The molecular weight excluding hydrogens is 322 g/mol. The molecule has 1 aromatic heterocycles. The van der Waals surface area contributed by atoms with Crippen LogP contribution in [0.2, 0.25) is 0 Å². The van der Waals surface area contributed by atoms with Crippen LogP contribution in [0.25, 0.3) is 0 Å². The van der Waals surface area contributed by atoms with Gasteiger partial charge in [-0.25, -0.2) is 0 Å². The Bertz CT molecular complexity index is 938. The van der Waals surface area contributed by atoms with Crippen LogP contribution in [0.15, 0.2) is 73.1 Å². The Balaban J connectivity index is 1.71. The van der Waals surface area contributed by atoms with Gasteiger partial charge in [-0.3, -0.25) is 9.78 Å². The number of hydrogen-bond donors (Lipinski definition) is 2. The number of amides is 1. The molecule has 26 heavy (non-hydrogen) atoms. The molecule has 2 N–H and O–H groups in total. The zero-order valence-electron chi connectivity index (χ0n) is 14.5. The van der Waals surface area contributed by atoms with Gasteiger partial charge in [-0.2, -0.15) is 0 Å². The molecule has 0 saturated carbocycles. The first-order valence-electron chi connectivity index (χ1n) is 8.32. The molecule has 0 aliphatic carbocycles. The molecule has 128 valence electrons. The van der Waals surface area contributed by atoms with E-state index in [9.17, 15) is 4.79 Å². The Morgan fingerprint density at radius 1 is 1.00 bits per heavy atom. The number of pyridine rings is 1. The zero-order chi connectivity index (χ0) is 18.2. The van der Waals surface area contributed by atoms with Gasteiger partial charge in [-0.1, -0.05) is 18.1 Å². The third-order valence-corrected chi connectivity index (χ3v) is 3.82. The van der Waals surface area contributed by atoms with Gasteiger partial charge < -0.3 is 10.6 Å². The molecule has 0 atom stereocenters. The van der Waals surface area contributed by atoms with Crippen LogP contribution < -0.4 is 10.6 Å². The normalized spacial score (nSPS) is 9.73. The van der Waals surface area contributed by atoms with Crippen molar-refractivity contribution in [2.24, 2.45) is 0 Å². The summed E-state index contributed by atoms with van der Waals surface area (Å²) in [5.74, 6) is 5.68. The van der Waals surface area contributed by atoms with E-state index in [4.69, 9.17) is 0 Å². The summed E-state index contributed by atoms with van der Waals surface area (Å²) in [6.07, 6.45) is 3.50. The monoisotopic (exact) mass is 341 g/mol. The summed E-state index contributed by atoms with van der Waals surface area (Å²) in [6.45, 7) is 2.42. The average Bonchev–Trinajstić information content (AvgIpc) is 2.69. The molecule has 0 fully saturated rings. The standard InChI is InChI=1S/C22H19N3O/c1-2-5-17-8-10-19(11-9-17)25-22(26)20-6-3-4-7-21(20)24-16-18-12-14-23-15-13-18/h3-4,6-15,24H,16H2,1H3,(H,25,26). The zero-order valence-corrected chi connectivity index (χ0v) is 14.5. The van der Waals surface area contributed by atoms with E-state index in [0.717, 1.165) is 22.5 Å². The molecule has 0 bridgehead atoms. The number of para-hydroxylation sites is 1. The lowest BCUT2D eigenvalue weighted by Gasteiger charge is -2.12. The minimum absolute atomic E-state index is 0.155. The van der Waals surface area contributed by atoms with Gasteiger partial charge in [0.25, 0.3) is 5.91 Å². The molecule has 0 aliphatic rings. The van der Waals surface area contributed by atoms with Gasteiger partial charge in [0.2, 0.25) is 0 Å². The van der Waals surface area contributed by atoms with E-state index >= 15 is 0 Å². The van der Waals surface area contributed by atoms with Crippen molar-refractivity contribution in [3.05, 3.63) is 89.7 Å². The van der Waals surface area contributed by atoms with Crippen LogP contribution in [-0.4, -0.2) is 10.9 Å². The fourth-order valence-corrected chi connectivity index (χ4v) is 2.51. The van der Waals surface area contributed by atoms with Crippen molar-refractivity contribution < 1.29 is 4.79 Å². The predicted octanol–water partition coefficient (Wildman–Crippen LogP) is 4.32. The summed E-state index contributed by atoms with van der Waals surface area (Å²) in [5.41, 5.74) is 4.14. The van der Waals surface area contributed by atoms with Crippen LogP contribution in [0.4, 0.5) is 11.4 Å². The van der Waals surface area contributed by atoms with E-state index in [1.54, 1.807) is 25.4 Å². The second-order valence-corrected chi connectivity index (χ2v) is 5.66. The van der Waals surface area contributed by atoms with Gasteiger partial charge in [0.05, 0.1) is 5.56 Å². The molecule has 0 spiro atoms. The lowest BCUT2D eigenvalue weighted by atomic mass is 10.1. The third kappa shape index (κ3) is 4.49. The fourth-order valence-electron chi connectivity index (χ4n) is 2.51. The molecule has 3 rings (SSSR count). The summed E-state index contributed by atoms with van der Waals surface area (Å²) >= 11 is 0. The second kappa shape index (κ2) is 8.50. The minimum atomic E-state index is -0.155. The van der Waals surface area contributed by atoms with Gasteiger partial charge in [0.15, 0.2) is 0 Å². The van der Waals surface area contributed by atoms with Crippen molar-refractivity contribution in [1.29, 1.82) is 0 Å². The topological polar surface area (TPSA) is 54.0 Å². The van der Waals surface area contributed by atoms with Gasteiger partial charge >= 0.3 is 0 Å². The maximum Gasteiger partial charge on any atom is 0.257 e. The maximum atomic E-state index is 12.7. The van der Waals surface area contributed by atoms with E-state index in [1.165, 1.54) is 0 Å². The molecule has 0 aliphatic heterocycles. The molecule has 1 amide bonds. The summed E-state index contributed by atoms with van der Waals surface area (Å²) in [5, 5.41) is 6.24. The van der Waals surface area contributed by atoms with E-state index in [0.29, 0.717) is 12.1 Å². The molecule has 4 nitrogen and oxygen atoms in total. The first-order chi connectivity index (χ1) is 12.8. The summed E-state index contributed by atoms with van der Waals surface area (Å²) in [6, 6.07) is 18.8. The van der Waals surface area contributed by atoms with Crippen LogP contribution in [-0.2, 0) is 6.54 Å². The Morgan fingerprint density at radius 3 is 2.46 bits per heavy atom. The number of benzene rings is 2. The van der Waals surface area contributed by atoms with Crippen LogP contribution >= 0.6 is 0 Å². The van der Waals surface area contributed by atoms with Gasteiger partial charge in [0, 0.05) is 35.9 Å². The summed E-state index contributed by atoms with van der Waals surface area (Å²) in [4.78, 5) is 16.7. The highest BCUT2D eigenvalue weighted by Gasteiger charge is 2.11. The molecule has 0 saturated heterocycles. The quantitative estimate of drug-likeness (QED) is 0.680. The van der Waals surface area contributed by atoms with Crippen molar-refractivity contribution in [2.45, 2.75) is 13.5 Å². The van der Waals surface area contributed by atoms with Crippen LogP contribution in [0, 0.1) is 11.8 Å². The summed E-state index contributed by atoms with van der Waals surface area (Å²) in [7, 11) is 0. The SMILES string of the molecule is CC#Cc1ccc(NC(=O)c2ccccc2NCc2ccncc2)cc1. The lowest BCUT2D eigenvalue weighted by Crippen LogP contribution is -2.14. The highest BCUT2D eigenvalue weighted by molar-refractivity contribution is 6.08. The van der Waals surface area contributed by atoms with Gasteiger partial charge in [0.1, 0.15) is 0 Å². The number of rotatable bonds is 5. The number of carbonyl (C=O) groups is 1. The van der Waals surface area contributed by atoms with Crippen molar-refractivity contribution >= 4 is 17.3 Å². The smallest absolute Gasteiger partial charge is 0.257 e. The molecule has 3 aromatic rings. The fraction of sp³-hybridized carbons (Fsp3) is 0.0909. The molecular formula is C22H19N3O. The molecule has 4 heteroatoms. The third-order valence-electron chi connectivity index (χ3n) is 3.82. The minimum Gasteiger partial charge on any atom is -0.380 e. The Kier molecular flexibility index (Phi) is 5.64.